The van der Waals surface area contributed by atoms with E-state index in [1.807, 2.05) is 0 Å². The molecule has 0 atom stereocenters. The van der Waals surface area contributed by atoms with Crippen LogP contribution in [0.25, 0.3) is 0 Å². The molecular formula is C9H5BrFNO4. The second-order valence-electron chi connectivity index (χ2n) is 2.83. The first-order valence-electron chi connectivity index (χ1n) is 4.03. The lowest BCUT2D eigenvalue weighted by molar-refractivity contribution is -0.387. The number of benzene rings is 1. The van der Waals surface area contributed by atoms with Gasteiger partial charge in [-0.1, -0.05) is 15.9 Å². The smallest absolute Gasteiger partial charge is 0.298 e. The van der Waals surface area contributed by atoms with Gasteiger partial charge in [0.2, 0.25) is 5.82 Å². The molecule has 0 amide bonds. The molecule has 1 aromatic carbocycles. The normalized spacial score (nSPS) is 9.88. The molecule has 84 valence electrons. The summed E-state index contributed by atoms with van der Waals surface area (Å²) in [6.07, 6.45) is 0.317. The van der Waals surface area contributed by atoms with E-state index >= 15 is 0 Å². The number of aldehydes is 1. The van der Waals surface area contributed by atoms with Crippen molar-refractivity contribution in [2.45, 2.75) is 0 Å². The first-order valence-corrected chi connectivity index (χ1v) is 5.15. The summed E-state index contributed by atoms with van der Waals surface area (Å²) in [6.45, 7) is 0. The molecular weight excluding hydrogens is 285 g/mol. The minimum atomic E-state index is -1.22. The summed E-state index contributed by atoms with van der Waals surface area (Å²) in [4.78, 5) is 31.2. The van der Waals surface area contributed by atoms with E-state index < -0.39 is 27.8 Å². The zero-order valence-electron chi connectivity index (χ0n) is 7.78. The number of rotatable bonds is 4. The molecule has 0 aliphatic rings. The maximum absolute atomic E-state index is 13.5. The first kappa shape index (κ1) is 12.4. The average Bonchev–Trinajstić information content (AvgIpc) is 2.28. The van der Waals surface area contributed by atoms with Gasteiger partial charge in [0.25, 0.3) is 0 Å². The molecule has 0 fully saturated rings. The van der Waals surface area contributed by atoms with Crippen LogP contribution in [0.5, 0.6) is 0 Å². The van der Waals surface area contributed by atoms with Crippen molar-refractivity contribution >= 4 is 33.7 Å². The Bertz CT molecular complexity index is 475. The van der Waals surface area contributed by atoms with Gasteiger partial charge in [-0.3, -0.25) is 19.7 Å². The quantitative estimate of drug-likeness (QED) is 0.280. The number of carbonyl (C=O) groups excluding carboxylic acids is 2. The van der Waals surface area contributed by atoms with Gasteiger partial charge in [-0.25, -0.2) is 0 Å². The van der Waals surface area contributed by atoms with Crippen LogP contribution in [0.2, 0.25) is 0 Å². The summed E-state index contributed by atoms with van der Waals surface area (Å²) >= 11 is 2.82. The number of nitro benzene ring substituents is 1. The molecule has 0 aliphatic heterocycles. The van der Waals surface area contributed by atoms with Crippen LogP contribution >= 0.6 is 15.9 Å². The number of alkyl halides is 1. The van der Waals surface area contributed by atoms with Crippen LogP contribution in [0.3, 0.4) is 0 Å². The summed E-state index contributed by atoms with van der Waals surface area (Å²) < 4.78 is 13.5. The number of nitro groups is 1. The fraction of sp³-hybridized carbons (Fsp3) is 0.111. The van der Waals surface area contributed by atoms with Gasteiger partial charge in [-0.15, -0.1) is 0 Å². The molecule has 0 spiro atoms. The molecule has 0 aliphatic carbocycles. The lowest BCUT2D eigenvalue weighted by Crippen LogP contribution is -2.07. The van der Waals surface area contributed by atoms with Crippen molar-refractivity contribution in [3.63, 3.8) is 0 Å². The van der Waals surface area contributed by atoms with Gasteiger partial charge in [-0.05, 0) is 6.07 Å². The van der Waals surface area contributed by atoms with E-state index in [9.17, 15) is 24.1 Å². The van der Waals surface area contributed by atoms with Crippen molar-refractivity contribution in [2.75, 3.05) is 5.33 Å². The molecule has 0 aromatic heterocycles. The van der Waals surface area contributed by atoms with E-state index in [4.69, 9.17) is 0 Å². The highest BCUT2D eigenvalue weighted by molar-refractivity contribution is 9.09. The highest BCUT2D eigenvalue weighted by Crippen LogP contribution is 2.23. The molecule has 7 heteroatoms. The van der Waals surface area contributed by atoms with Gasteiger partial charge in [0.05, 0.1) is 15.8 Å². The summed E-state index contributed by atoms with van der Waals surface area (Å²) in [6, 6.07) is 1.77. The maximum atomic E-state index is 13.5. The van der Waals surface area contributed by atoms with Crippen LogP contribution in [-0.4, -0.2) is 22.3 Å². The molecule has 16 heavy (non-hydrogen) atoms. The Kier molecular flexibility index (Phi) is 3.83. The number of hydrogen-bond acceptors (Lipinski definition) is 4. The van der Waals surface area contributed by atoms with Crippen molar-refractivity contribution in [3.8, 4) is 0 Å². The summed E-state index contributed by atoms with van der Waals surface area (Å²) in [7, 11) is 0. The predicted molar refractivity (Wildman–Crippen MR) is 56.6 cm³/mol. The van der Waals surface area contributed by atoms with Crippen LogP contribution in [0, 0.1) is 15.9 Å². The van der Waals surface area contributed by atoms with Gasteiger partial charge in [0, 0.05) is 11.6 Å². The minimum Gasteiger partial charge on any atom is -0.298 e. The third-order valence-electron chi connectivity index (χ3n) is 1.83. The third kappa shape index (κ3) is 2.30. The largest absolute Gasteiger partial charge is 0.306 e. The molecule has 1 rings (SSSR count). The van der Waals surface area contributed by atoms with Gasteiger partial charge < -0.3 is 0 Å². The van der Waals surface area contributed by atoms with Crippen molar-refractivity contribution in [2.24, 2.45) is 0 Å². The van der Waals surface area contributed by atoms with Crippen LogP contribution < -0.4 is 0 Å². The first-order chi connectivity index (χ1) is 7.51. The molecule has 0 saturated carbocycles. The van der Waals surface area contributed by atoms with Gasteiger partial charge in [-0.2, -0.15) is 4.39 Å². The molecule has 0 N–H and O–H groups in total. The van der Waals surface area contributed by atoms with Crippen molar-refractivity contribution < 1.29 is 18.9 Å². The van der Waals surface area contributed by atoms with Crippen LogP contribution in [0.4, 0.5) is 10.1 Å². The summed E-state index contributed by atoms with van der Waals surface area (Å²) in [5, 5.41) is 10.3. The standard InChI is InChI=1S/C9H5BrFNO4/c10-3-8(14)6-1-5(4-13)2-7(9(6)11)12(15)16/h1-2,4H,3H2. The van der Waals surface area contributed by atoms with Crippen LogP contribution in [0.15, 0.2) is 12.1 Å². The molecule has 5 nitrogen and oxygen atoms in total. The van der Waals surface area contributed by atoms with E-state index in [1.165, 1.54) is 0 Å². The number of halogens is 2. The Balaban J connectivity index is 3.48. The number of Topliss-reactive ketones (excluding diaryl/α,β-unsaturated/α-hetero) is 1. The van der Waals surface area contributed by atoms with E-state index in [0.717, 1.165) is 12.1 Å². The van der Waals surface area contributed by atoms with Crippen molar-refractivity contribution in [1.82, 2.24) is 0 Å². The SMILES string of the molecule is O=Cc1cc(C(=O)CBr)c(F)c([N+](=O)[O-])c1. The van der Waals surface area contributed by atoms with Crippen LogP contribution in [0.1, 0.15) is 20.7 Å². The molecule has 0 heterocycles. The lowest BCUT2D eigenvalue weighted by Gasteiger charge is -2.02. The third-order valence-corrected chi connectivity index (χ3v) is 2.34. The molecule has 0 unspecified atom stereocenters. The highest BCUT2D eigenvalue weighted by atomic mass is 79.9. The Morgan fingerprint density at radius 1 is 1.56 bits per heavy atom. The topological polar surface area (TPSA) is 77.3 Å². The molecule has 0 radical (unpaired) electrons. The number of ketones is 1. The molecule has 0 bridgehead atoms. The monoisotopic (exact) mass is 289 g/mol. The Morgan fingerprint density at radius 3 is 2.62 bits per heavy atom. The molecule has 1 aromatic rings. The van der Waals surface area contributed by atoms with Crippen molar-refractivity contribution in [1.29, 1.82) is 0 Å². The van der Waals surface area contributed by atoms with E-state index in [-0.39, 0.29) is 10.9 Å². The number of carbonyl (C=O) groups is 2. The van der Waals surface area contributed by atoms with Gasteiger partial charge >= 0.3 is 5.69 Å². The second-order valence-corrected chi connectivity index (χ2v) is 3.39. The van der Waals surface area contributed by atoms with Gasteiger partial charge in [0.15, 0.2) is 5.78 Å². The molecule has 0 saturated heterocycles. The van der Waals surface area contributed by atoms with E-state index in [0.29, 0.717) is 6.29 Å². The maximum Gasteiger partial charge on any atom is 0.306 e. The number of hydrogen-bond donors (Lipinski definition) is 0. The van der Waals surface area contributed by atoms with Crippen molar-refractivity contribution in [3.05, 3.63) is 39.2 Å². The Labute approximate surface area is 97.5 Å². The van der Waals surface area contributed by atoms with Gasteiger partial charge in [0.1, 0.15) is 6.29 Å². The average molecular weight is 290 g/mol. The minimum absolute atomic E-state index is 0.114. The Hall–Kier alpha value is -1.63. The predicted octanol–water partition coefficient (Wildman–Crippen LogP) is 2.12. The Morgan fingerprint density at radius 2 is 2.19 bits per heavy atom. The van der Waals surface area contributed by atoms with E-state index in [1.54, 1.807) is 0 Å². The fourth-order valence-corrected chi connectivity index (χ4v) is 1.41. The zero-order chi connectivity index (χ0) is 12.3. The summed E-state index contributed by atoms with van der Waals surface area (Å²) in [5.41, 5.74) is -1.46. The number of nitrogens with zero attached hydrogens (tertiary/aromatic N) is 1. The van der Waals surface area contributed by atoms with E-state index in [2.05, 4.69) is 15.9 Å². The fourth-order valence-electron chi connectivity index (χ4n) is 1.11. The second kappa shape index (κ2) is 4.93. The highest BCUT2D eigenvalue weighted by Gasteiger charge is 2.23. The lowest BCUT2D eigenvalue weighted by atomic mass is 10.1. The zero-order valence-corrected chi connectivity index (χ0v) is 9.36. The summed E-state index contributed by atoms with van der Waals surface area (Å²) in [5.74, 6) is -1.88. The van der Waals surface area contributed by atoms with Crippen LogP contribution in [-0.2, 0) is 0 Å².